The van der Waals surface area contributed by atoms with Crippen LogP contribution in [0.1, 0.15) is 33.2 Å². The molecule has 2 rings (SSSR count). The molecule has 29 heavy (non-hydrogen) atoms. The second kappa shape index (κ2) is 10.7. The summed E-state index contributed by atoms with van der Waals surface area (Å²) in [5.41, 5.74) is 1.57. The van der Waals surface area contributed by atoms with Crippen molar-refractivity contribution in [3.05, 3.63) is 59.2 Å². The van der Waals surface area contributed by atoms with Crippen LogP contribution in [0.5, 0.6) is 5.75 Å². The Morgan fingerprint density at radius 3 is 2.00 bits per heavy atom. The van der Waals surface area contributed by atoms with Crippen LogP contribution in [0, 0.1) is 0 Å². The summed E-state index contributed by atoms with van der Waals surface area (Å²) in [7, 11) is 2.46. The average Bonchev–Trinajstić information content (AvgIpc) is 2.73. The molecule has 0 saturated carbocycles. The van der Waals surface area contributed by atoms with Gasteiger partial charge in [0.15, 0.2) is 0 Å². The van der Waals surface area contributed by atoms with Crippen LogP contribution in [0.4, 0.5) is 10.5 Å². The molecule has 0 aliphatic carbocycles. The van der Waals surface area contributed by atoms with E-state index in [0.717, 1.165) is 11.3 Å². The molecule has 2 aromatic carbocycles. The zero-order chi connectivity index (χ0) is 21.2. The molecule has 0 heterocycles. The Balaban J connectivity index is 1.96. The Bertz CT molecular complexity index is 830. The SMILES string of the molecule is CCOc1ccc(CCNC(=O)Nc2cc(C(=O)OC)cc(C(=O)OC)c2)cc1. The number of hydrogen-bond donors (Lipinski definition) is 2. The summed E-state index contributed by atoms with van der Waals surface area (Å²) in [5, 5.41) is 5.34. The zero-order valence-electron chi connectivity index (χ0n) is 16.6. The Morgan fingerprint density at radius 2 is 1.48 bits per heavy atom. The minimum Gasteiger partial charge on any atom is -0.494 e. The lowest BCUT2D eigenvalue weighted by atomic mass is 10.1. The maximum absolute atomic E-state index is 12.2. The lowest BCUT2D eigenvalue weighted by Gasteiger charge is -2.11. The molecule has 0 unspecified atom stereocenters. The first-order chi connectivity index (χ1) is 14.0. The van der Waals surface area contributed by atoms with Crippen molar-refractivity contribution in [1.29, 1.82) is 0 Å². The number of methoxy groups -OCH3 is 2. The second-order valence-electron chi connectivity index (χ2n) is 5.99. The highest BCUT2D eigenvalue weighted by Crippen LogP contribution is 2.17. The summed E-state index contributed by atoms with van der Waals surface area (Å²) < 4.78 is 14.7. The molecule has 0 aliphatic heterocycles. The largest absolute Gasteiger partial charge is 0.494 e. The van der Waals surface area contributed by atoms with Gasteiger partial charge in [-0.15, -0.1) is 0 Å². The number of hydrogen-bond acceptors (Lipinski definition) is 6. The van der Waals surface area contributed by atoms with Gasteiger partial charge in [0, 0.05) is 12.2 Å². The molecule has 0 aliphatic rings. The van der Waals surface area contributed by atoms with Crippen molar-refractivity contribution in [3.63, 3.8) is 0 Å². The molecule has 8 heteroatoms. The standard InChI is InChI=1S/C21H24N2O6/c1-4-29-18-7-5-14(6-8-18)9-10-22-21(26)23-17-12-15(19(24)27-2)11-16(13-17)20(25)28-3/h5-8,11-13H,4,9-10H2,1-3H3,(H2,22,23,26). The minimum atomic E-state index is -0.630. The summed E-state index contributed by atoms with van der Waals surface area (Å²) in [6, 6.07) is 11.4. The van der Waals surface area contributed by atoms with E-state index in [1.807, 2.05) is 31.2 Å². The van der Waals surface area contributed by atoms with Gasteiger partial charge in [0.05, 0.1) is 32.0 Å². The number of carbonyl (C=O) groups excluding carboxylic acids is 3. The predicted octanol–water partition coefficient (Wildman–Crippen LogP) is 3.02. The van der Waals surface area contributed by atoms with Crippen molar-refractivity contribution in [1.82, 2.24) is 5.32 Å². The molecule has 8 nitrogen and oxygen atoms in total. The number of urea groups is 1. The summed E-state index contributed by atoms with van der Waals surface area (Å²) in [5.74, 6) is -0.460. The van der Waals surface area contributed by atoms with E-state index in [9.17, 15) is 14.4 Å². The maximum Gasteiger partial charge on any atom is 0.337 e. The van der Waals surface area contributed by atoms with Gasteiger partial charge in [0.25, 0.3) is 0 Å². The van der Waals surface area contributed by atoms with Crippen LogP contribution in [0.15, 0.2) is 42.5 Å². The topological polar surface area (TPSA) is 103 Å². The molecule has 0 fully saturated rings. The van der Waals surface area contributed by atoms with Crippen LogP contribution in [-0.2, 0) is 15.9 Å². The summed E-state index contributed by atoms with van der Waals surface area (Å²) in [6.07, 6.45) is 0.634. The molecule has 2 N–H and O–H groups in total. The van der Waals surface area contributed by atoms with Gasteiger partial charge in [-0.05, 0) is 49.2 Å². The summed E-state index contributed by atoms with van der Waals surface area (Å²) in [4.78, 5) is 35.8. The van der Waals surface area contributed by atoms with Crippen molar-refractivity contribution >= 4 is 23.7 Å². The summed E-state index contributed by atoms with van der Waals surface area (Å²) >= 11 is 0. The van der Waals surface area contributed by atoms with Crippen molar-refractivity contribution in [2.75, 3.05) is 32.7 Å². The number of ether oxygens (including phenoxy) is 3. The number of nitrogens with one attached hydrogen (secondary N) is 2. The Kier molecular flexibility index (Phi) is 8.02. The van der Waals surface area contributed by atoms with E-state index in [2.05, 4.69) is 20.1 Å². The fourth-order valence-electron chi connectivity index (χ4n) is 2.59. The van der Waals surface area contributed by atoms with Gasteiger partial charge in [0.1, 0.15) is 5.75 Å². The molecule has 0 saturated heterocycles. The summed E-state index contributed by atoms with van der Waals surface area (Å²) in [6.45, 7) is 2.93. The lowest BCUT2D eigenvalue weighted by molar-refractivity contribution is 0.0599. The highest BCUT2D eigenvalue weighted by atomic mass is 16.5. The number of anilines is 1. The van der Waals surface area contributed by atoms with Crippen molar-refractivity contribution < 1.29 is 28.6 Å². The molecule has 0 atom stereocenters. The third-order valence-corrected chi connectivity index (χ3v) is 3.97. The molecule has 2 amide bonds. The molecule has 0 bridgehead atoms. The fraction of sp³-hybridized carbons (Fsp3) is 0.286. The predicted molar refractivity (Wildman–Crippen MR) is 107 cm³/mol. The van der Waals surface area contributed by atoms with Gasteiger partial charge in [-0.1, -0.05) is 12.1 Å². The Morgan fingerprint density at radius 1 is 0.897 bits per heavy atom. The van der Waals surface area contributed by atoms with Crippen LogP contribution in [-0.4, -0.2) is 45.3 Å². The van der Waals surface area contributed by atoms with Gasteiger partial charge in [-0.25, -0.2) is 14.4 Å². The molecule has 0 radical (unpaired) electrons. The van der Waals surface area contributed by atoms with Crippen molar-refractivity contribution in [2.24, 2.45) is 0 Å². The van der Waals surface area contributed by atoms with Crippen LogP contribution >= 0.6 is 0 Å². The Labute approximate surface area is 169 Å². The monoisotopic (exact) mass is 400 g/mol. The highest BCUT2D eigenvalue weighted by molar-refractivity contribution is 5.99. The molecule has 154 valence electrons. The number of rotatable bonds is 8. The van der Waals surface area contributed by atoms with Crippen molar-refractivity contribution in [2.45, 2.75) is 13.3 Å². The minimum absolute atomic E-state index is 0.125. The quantitative estimate of drug-likeness (QED) is 0.661. The third-order valence-electron chi connectivity index (χ3n) is 3.97. The smallest absolute Gasteiger partial charge is 0.337 e. The fourth-order valence-corrected chi connectivity index (χ4v) is 2.59. The molecule has 2 aromatic rings. The van der Waals surface area contributed by atoms with Gasteiger partial charge < -0.3 is 24.8 Å². The van der Waals surface area contributed by atoms with E-state index < -0.39 is 18.0 Å². The van der Waals surface area contributed by atoms with Crippen molar-refractivity contribution in [3.8, 4) is 5.75 Å². The second-order valence-corrected chi connectivity index (χ2v) is 5.99. The van der Waals surface area contributed by atoms with Gasteiger partial charge in [-0.3, -0.25) is 0 Å². The number of amides is 2. The van der Waals surface area contributed by atoms with E-state index in [1.165, 1.54) is 32.4 Å². The first-order valence-electron chi connectivity index (χ1n) is 9.05. The first-order valence-corrected chi connectivity index (χ1v) is 9.05. The first kappa shape index (κ1) is 21.7. The number of carbonyl (C=O) groups is 3. The molecule has 0 aromatic heterocycles. The van der Waals surface area contributed by atoms with E-state index in [4.69, 9.17) is 4.74 Å². The van der Waals surface area contributed by atoms with Crippen LogP contribution in [0.25, 0.3) is 0 Å². The van der Waals surface area contributed by atoms with Gasteiger partial charge in [0.2, 0.25) is 0 Å². The Hall–Kier alpha value is -3.55. The normalized spacial score (nSPS) is 10.0. The van der Waals surface area contributed by atoms with E-state index in [-0.39, 0.29) is 16.8 Å². The highest BCUT2D eigenvalue weighted by Gasteiger charge is 2.15. The van der Waals surface area contributed by atoms with Crippen LogP contribution < -0.4 is 15.4 Å². The van der Waals surface area contributed by atoms with Gasteiger partial charge in [-0.2, -0.15) is 0 Å². The maximum atomic E-state index is 12.2. The number of benzene rings is 2. The van der Waals surface area contributed by atoms with Crippen LogP contribution in [0.2, 0.25) is 0 Å². The zero-order valence-corrected chi connectivity index (χ0v) is 16.6. The van der Waals surface area contributed by atoms with Crippen LogP contribution in [0.3, 0.4) is 0 Å². The molecular weight excluding hydrogens is 376 g/mol. The molecule has 0 spiro atoms. The lowest BCUT2D eigenvalue weighted by Crippen LogP contribution is -2.30. The molecular formula is C21H24N2O6. The number of esters is 2. The van der Waals surface area contributed by atoms with E-state index >= 15 is 0 Å². The van der Waals surface area contributed by atoms with E-state index in [0.29, 0.717) is 19.6 Å². The van der Waals surface area contributed by atoms with E-state index in [1.54, 1.807) is 0 Å². The van der Waals surface area contributed by atoms with Gasteiger partial charge >= 0.3 is 18.0 Å². The average molecular weight is 400 g/mol. The third kappa shape index (κ3) is 6.53.